The van der Waals surface area contributed by atoms with E-state index in [2.05, 4.69) is 11.9 Å². The van der Waals surface area contributed by atoms with Gasteiger partial charge in [-0.3, -0.25) is 0 Å². The molecule has 1 saturated heterocycles. The molecule has 1 fully saturated rings. The summed E-state index contributed by atoms with van der Waals surface area (Å²) in [5, 5.41) is 0. The SMILES string of the molecule is CN1CCC([NH-])CC1.[Pr].[Pr]. The van der Waals surface area contributed by atoms with Gasteiger partial charge < -0.3 is 10.6 Å². The zero-order valence-electron chi connectivity index (χ0n) is 6.51. The number of piperidine rings is 1. The van der Waals surface area contributed by atoms with E-state index in [4.69, 9.17) is 5.73 Å². The van der Waals surface area contributed by atoms with Crippen LogP contribution in [-0.4, -0.2) is 31.1 Å². The molecule has 1 aliphatic heterocycles. The molecular formula is C6H13N2Pr2-. The van der Waals surface area contributed by atoms with Crippen LogP contribution in [0.1, 0.15) is 12.8 Å². The van der Waals surface area contributed by atoms with Crippen LogP contribution >= 0.6 is 0 Å². The largest absolute Gasteiger partial charge is 0.675 e. The molecule has 0 bridgehead atoms. The number of likely N-dealkylation sites (tertiary alicyclic amines) is 1. The summed E-state index contributed by atoms with van der Waals surface area (Å²) in [5.74, 6) is 0. The smallest absolute Gasteiger partial charge is 0 e. The van der Waals surface area contributed by atoms with Crippen LogP contribution in [0, 0.1) is 82.6 Å². The minimum atomic E-state index is 0. The minimum Gasteiger partial charge on any atom is -0.675 e. The van der Waals surface area contributed by atoms with Crippen molar-refractivity contribution in [2.24, 2.45) is 0 Å². The summed E-state index contributed by atoms with van der Waals surface area (Å²) in [4.78, 5) is 2.28. The van der Waals surface area contributed by atoms with Crippen LogP contribution in [0.25, 0.3) is 5.73 Å². The van der Waals surface area contributed by atoms with Crippen LogP contribution in [0.4, 0.5) is 0 Å². The number of nitrogens with zero attached hydrogens (tertiary/aromatic N) is 1. The minimum absolute atomic E-state index is 0. The Morgan fingerprint density at radius 3 is 1.90 bits per heavy atom. The van der Waals surface area contributed by atoms with E-state index < -0.39 is 0 Å². The van der Waals surface area contributed by atoms with Gasteiger partial charge in [0.2, 0.25) is 0 Å². The summed E-state index contributed by atoms with van der Waals surface area (Å²) >= 11 is 0. The van der Waals surface area contributed by atoms with Gasteiger partial charge in [0, 0.05) is 82.6 Å². The molecule has 10 heavy (non-hydrogen) atoms. The molecule has 1 heterocycles. The van der Waals surface area contributed by atoms with E-state index in [9.17, 15) is 0 Å². The van der Waals surface area contributed by atoms with Crippen LogP contribution in [0.2, 0.25) is 0 Å². The molecule has 0 atom stereocenters. The van der Waals surface area contributed by atoms with Crippen molar-refractivity contribution in [1.29, 1.82) is 0 Å². The van der Waals surface area contributed by atoms with Crippen molar-refractivity contribution < 1.29 is 82.6 Å². The van der Waals surface area contributed by atoms with Gasteiger partial charge in [-0.05, 0) is 20.1 Å². The first-order valence-corrected chi connectivity index (χ1v) is 3.18. The van der Waals surface area contributed by atoms with E-state index in [0.29, 0.717) is 0 Å². The summed E-state index contributed by atoms with van der Waals surface area (Å²) in [5.41, 5.74) is 7.34. The summed E-state index contributed by atoms with van der Waals surface area (Å²) in [7, 11) is 2.12. The topological polar surface area (TPSA) is 27.0 Å². The Labute approximate surface area is 130 Å². The van der Waals surface area contributed by atoms with Crippen molar-refractivity contribution >= 4 is 0 Å². The molecule has 0 amide bonds. The third-order valence-electron chi connectivity index (χ3n) is 1.72. The summed E-state index contributed by atoms with van der Waals surface area (Å²) in [6, 6.07) is 0.228. The van der Waals surface area contributed by atoms with Gasteiger partial charge in [0.05, 0.1) is 0 Å². The molecule has 1 N–H and O–H groups in total. The molecule has 0 spiro atoms. The average Bonchev–Trinajstić information content (AvgIpc) is 1.77. The quantitative estimate of drug-likeness (QED) is 0.605. The Morgan fingerprint density at radius 1 is 1.20 bits per heavy atom. The summed E-state index contributed by atoms with van der Waals surface area (Å²) in [6.07, 6.45) is 2.13. The van der Waals surface area contributed by atoms with Crippen molar-refractivity contribution in [3.63, 3.8) is 0 Å². The Hall–Kier alpha value is 2.65. The molecule has 0 unspecified atom stereocenters. The Bertz CT molecular complexity index is 62.1. The van der Waals surface area contributed by atoms with Crippen LogP contribution in [0.3, 0.4) is 0 Å². The van der Waals surface area contributed by atoms with Gasteiger partial charge in [-0.15, -0.1) is 6.04 Å². The second-order valence-corrected chi connectivity index (χ2v) is 2.58. The molecule has 0 aromatic rings. The molecule has 0 saturated carbocycles. The van der Waals surface area contributed by atoms with E-state index in [-0.39, 0.29) is 88.6 Å². The average molecular weight is 395 g/mol. The maximum atomic E-state index is 7.34. The van der Waals surface area contributed by atoms with Gasteiger partial charge in [0.15, 0.2) is 0 Å². The zero-order chi connectivity index (χ0) is 5.98. The van der Waals surface area contributed by atoms with Gasteiger partial charge in [0.25, 0.3) is 0 Å². The van der Waals surface area contributed by atoms with E-state index in [1.807, 2.05) is 0 Å². The van der Waals surface area contributed by atoms with Crippen LogP contribution < -0.4 is 0 Å². The van der Waals surface area contributed by atoms with E-state index in [1.54, 1.807) is 0 Å². The van der Waals surface area contributed by atoms with Crippen molar-refractivity contribution in [3.8, 4) is 0 Å². The van der Waals surface area contributed by atoms with Crippen molar-refractivity contribution in [3.05, 3.63) is 5.73 Å². The van der Waals surface area contributed by atoms with Crippen LogP contribution in [0.15, 0.2) is 0 Å². The van der Waals surface area contributed by atoms with Gasteiger partial charge in [-0.25, -0.2) is 0 Å². The van der Waals surface area contributed by atoms with Gasteiger partial charge in [0.1, 0.15) is 0 Å². The molecule has 0 aromatic carbocycles. The molecule has 4 heteroatoms. The standard InChI is InChI=1S/C6H13N2.2Pr/c1-8-4-2-6(7)3-5-8;;/h6-7H,2-5H2,1H3;;/q-1;;. The maximum absolute atomic E-state index is 7.34. The fourth-order valence-corrected chi connectivity index (χ4v) is 1.01. The first-order valence-electron chi connectivity index (χ1n) is 3.18. The van der Waals surface area contributed by atoms with E-state index in [0.717, 1.165) is 25.9 Å². The van der Waals surface area contributed by atoms with E-state index >= 15 is 0 Å². The zero-order valence-corrected chi connectivity index (χ0v) is 13.9. The monoisotopic (exact) mass is 395 g/mol. The fourth-order valence-electron chi connectivity index (χ4n) is 1.01. The van der Waals surface area contributed by atoms with Gasteiger partial charge in [-0.2, -0.15) is 0 Å². The van der Waals surface area contributed by atoms with Gasteiger partial charge in [-0.1, -0.05) is 12.8 Å². The molecular weight excluding hydrogens is 382 g/mol. The van der Waals surface area contributed by atoms with Crippen molar-refractivity contribution in [1.82, 2.24) is 4.90 Å². The number of rotatable bonds is 0. The Kier molecular flexibility index (Phi) is 12.5. The third-order valence-corrected chi connectivity index (χ3v) is 1.72. The number of hydrogen-bond acceptors (Lipinski definition) is 1. The molecule has 2 radical (unpaired) electrons. The summed E-state index contributed by atoms with van der Waals surface area (Å²) in [6.45, 7) is 2.24. The van der Waals surface area contributed by atoms with Crippen LogP contribution in [-0.2, 0) is 0 Å². The van der Waals surface area contributed by atoms with Crippen LogP contribution in [0.5, 0.6) is 0 Å². The predicted molar refractivity (Wildman–Crippen MR) is 34.8 cm³/mol. The molecule has 54 valence electrons. The fraction of sp³-hybridized carbons (Fsp3) is 1.00. The first-order chi connectivity index (χ1) is 3.79. The molecule has 2 nitrogen and oxygen atoms in total. The summed E-state index contributed by atoms with van der Waals surface area (Å²) < 4.78 is 0. The second kappa shape index (κ2) is 8.25. The Balaban J connectivity index is 0. The first kappa shape index (κ1) is 15.1. The number of hydrogen-bond donors (Lipinski definition) is 0. The second-order valence-electron chi connectivity index (χ2n) is 2.58. The number of nitrogens with one attached hydrogen (secondary N) is 1. The predicted octanol–water partition coefficient (Wildman–Crippen LogP) is 1.13. The molecule has 0 aromatic heterocycles. The maximum Gasteiger partial charge on any atom is 0 e. The van der Waals surface area contributed by atoms with E-state index in [1.165, 1.54) is 0 Å². The normalized spacial score (nSPS) is 21.0. The Morgan fingerprint density at radius 2 is 1.60 bits per heavy atom. The van der Waals surface area contributed by atoms with Crippen molar-refractivity contribution in [2.75, 3.05) is 20.1 Å². The molecule has 0 aliphatic carbocycles. The molecule has 1 aliphatic rings. The van der Waals surface area contributed by atoms with Gasteiger partial charge >= 0.3 is 0 Å². The molecule has 1 rings (SSSR count). The van der Waals surface area contributed by atoms with Crippen molar-refractivity contribution in [2.45, 2.75) is 18.9 Å². The third kappa shape index (κ3) is 6.20.